The molecule has 1 heterocycles. The lowest BCUT2D eigenvalue weighted by Gasteiger charge is -2.09. The van der Waals surface area contributed by atoms with Gasteiger partial charge in [-0.1, -0.05) is 26.0 Å². The third-order valence-electron chi connectivity index (χ3n) is 2.06. The number of allylic oxidation sites excluding steroid dienone is 1. The largest absolute Gasteiger partial charge is 0.473 e. The van der Waals surface area contributed by atoms with Crippen molar-refractivity contribution < 1.29 is 4.74 Å². The molecule has 0 spiro atoms. The van der Waals surface area contributed by atoms with E-state index in [2.05, 4.69) is 29.1 Å². The average molecular weight is 221 g/mol. The number of nitrogens with one attached hydrogen (secondary N) is 1. The molecule has 0 radical (unpaired) electrons. The molecule has 0 saturated carbocycles. The van der Waals surface area contributed by atoms with Crippen LogP contribution in [0.4, 0.5) is 5.82 Å². The molecule has 1 aromatic rings. The van der Waals surface area contributed by atoms with Crippen LogP contribution in [0.3, 0.4) is 0 Å². The topological polar surface area (TPSA) is 47.0 Å². The Balaban J connectivity index is 2.86. The Hall–Kier alpha value is -1.58. The van der Waals surface area contributed by atoms with Gasteiger partial charge in [-0.3, -0.25) is 0 Å². The SMILES string of the molecule is C/C=C/COc1cc(NC)nc(C(C)C)n1. The first-order valence-electron chi connectivity index (χ1n) is 5.48. The average Bonchev–Trinajstić information content (AvgIpc) is 2.29. The van der Waals surface area contributed by atoms with Gasteiger partial charge >= 0.3 is 0 Å². The highest BCUT2D eigenvalue weighted by molar-refractivity contribution is 5.38. The van der Waals surface area contributed by atoms with Gasteiger partial charge in [0.05, 0.1) is 0 Å². The Kier molecular flexibility index (Phi) is 4.76. The molecular weight excluding hydrogens is 202 g/mol. The second-order valence-corrected chi connectivity index (χ2v) is 3.73. The van der Waals surface area contributed by atoms with Gasteiger partial charge in [-0.15, -0.1) is 0 Å². The van der Waals surface area contributed by atoms with Crippen molar-refractivity contribution in [2.45, 2.75) is 26.7 Å². The minimum absolute atomic E-state index is 0.289. The van der Waals surface area contributed by atoms with E-state index in [1.165, 1.54) is 0 Å². The molecule has 4 heteroatoms. The molecule has 0 atom stereocenters. The summed E-state index contributed by atoms with van der Waals surface area (Å²) < 4.78 is 5.50. The van der Waals surface area contributed by atoms with E-state index in [0.717, 1.165) is 11.6 Å². The fourth-order valence-electron chi connectivity index (χ4n) is 1.13. The summed E-state index contributed by atoms with van der Waals surface area (Å²) in [6, 6.07) is 1.80. The molecule has 1 N–H and O–H groups in total. The number of nitrogens with zero attached hydrogens (tertiary/aromatic N) is 2. The van der Waals surface area contributed by atoms with Crippen molar-refractivity contribution in [1.29, 1.82) is 0 Å². The van der Waals surface area contributed by atoms with Gasteiger partial charge in [-0.25, -0.2) is 4.98 Å². The van der Waals surface area contributed by atoms with Gasteiger partial charge in [0, 0.05) is 19.0 Å². The van der Waals surface area contributed by atoms with Crippen molar-refractivity contribution in [1.82, 2.24) is 9.97 Å². The highest BCUT2D eigenvalue weighted by atomic mass is 16.5. The maximum Gasteiger partial charge on any atom is 0.219 e. The molecule has 4 nitrogen and oxygen atoms in total. The second kappa shape index (κ2) is 6.10. The van der Waals surface area contributed by atoms with E-state index in [-0.39, 0.29) is 5.92 Å². The monoisotopic (exact) mass is 221 g/mol. The third-order valence-corrected chi connectivity index (χ3v) is 2.06. The quantitative estimate of drug-likeness (QED) is 0.776. The van der Waals surface area contributed by atoms with Crippen LogP contribution in [0.1, 0.15) is 32.5 Å². The van der Waals surface area contributed by atoms with Crippen LogP contribution in [0.15, 0.2) is 18.2 Å². The van der Waals surface area contributed by atoms with Gasteiger partial charge in [-0.2, -0.15) is 4.98 Å². The Morgan fingerprint density at radius 3 is 2.75 bits per heavy atom. The predicted octanol–water partition coefficient (Wildman–Crippen LogP) is 2.60. The van der Waals surface area contributed by atoms with Gasteiger partial charge in [-0.05, 0) is 6.92 Å². The van der Waals surface area contributed by atoms with Gasteiger partial charge < -0.3 is 10.1 Å². The van der Waals surface area contributed by atoms with Gasteiger partial charge in [0.25, 0.3) is 0 Å². The Morgan fingerprint density at radius 1 is 1.44 bits per heavy atom. The molecule has 0 aliphatic rings. The van der Waals surface area contributed by atoms with Crippen LogP contribution in [-0.4, -0.2) is 23.6 Å². The smallest absolute Gasteiger partial charge is 0.219 e. The summed E-state index contributed by atoms with van der Waals surface area (Å²) in [5.41, 5.74) is 0. The molecule has 0 saturated heterocycles. The summed E-state index contributed by atoms with van der Waals surface area (Å²) in [7, 11) is 1.84. The Morgan fingerprint density at radius 2 is 2.19 bits per heavy atom. The van der Waals surface area contributed by atoms with E-state index >= 15 is 0 Å². The summed E-state index contributed by atoms with van der Waals surface area (Å²) in [4.78, 5) is 8.70. The summed E-state index contributed by atoms with van der Waals surface area (Å²) >= 11 is 0. The van der Waals surface area contributed by atoms with Gasteiger partial charge in [0.15, 0.2) is 0 Å². The minimum atomic E-state index is 0.289. The zero-order valence-electron chi connectivity index (χ0n) is 10.3. The van der Waals surface area contributed by atoms with Crippen LogP contribution >= 0.6 is 0 Å². The molecule has 1 rings (SSSR count). The highest BCUT2D eigenvalue weighted by Crippen LogP contribution is 2.18. The normalized spacial score (nSPS) is 11.1. The maximum absolute atomic E-state index is 5.50. The fraction of sp³-hybridized carbons (Fsp3) is 0.500. The van der Waals surface area contributed by atoms with E-state index in [1.54, 1.807) is 6.07 Å². The zero-order chi connectivity index (χ0) is 12.0. The van der Waals surface area contributed by atoms with Crippen LogP contribution in [0.5, 0.6) is 5.88 Å². The molecule has 1 aromatic heterocycles. The Labute approximate surface area is 96.8 Å². The first-order chi connectivity index (χ1) is 7.67. The summed E-state index contributed by atoms with van der Waals surface area (Å²) in [6.07, 6.45) is 3.89. The number of hydrogen-bond donors (Lipinski definition) is 1. The zero-order valence-corrected chi connectivity index (χ0v) is 10.3. The standard InChI is InChI=1S/C12H19N3O/c1-5-6-7-16-11-8-10(13-4)14-12(15-11)9(2)3/h5-6,8-9H,7H2,1-4H3,(H,13,14,15)/b6-5+. The van der Waals surface area contributed by atoms with Crippen molar-refractivity contribution in [3.05, 3.63) is 24.0 Å². The maximum atomic E-state index is 5.50. The molecular formula is C12H19N3O. The first-order valence-corrected chi connectivity index (χ1v) is 5.48. The molecule has 0 aliphatic carbocycles. The van der Waals surface area contributed by atoms with E-state index in [1.807, 2.05) is 26.1 Å². The molecule has 0 aromatic carbocycles. The fourth-order valence-corrected chi connectivity index (χ4v) is 1.13. The van der Waals surface area contributed by atoms with Crippen LogP contribution in [0, 0.1) is 0 Å². The van der Waals surface area contributed by atoms with Crippen molar-refractivity contribution in [3.63, 3.8) is 0 Å². The lowest BCUT2D eigenvalue weighted by atomic mass is 10.2. The summed E-state index contributed by atoms with van der Waals surface area (Å²) in [5, 5.41) is 3.00. The molecule has 0 bridgehead atoms. The third kappa shape index (κ3) is 3.53. The van der Waals surface area contributed by atoms with E-state index in [0.29, 0.717) is 12.5 Å². The van der Waals surface area contributed by atoms with Crippen molar-refractivity contribution in [2.75, 3.05) is 19.0 Å². The lowest BCUT2D eigenvalue weighted by Crippen LogP contribution is -2.05. The number of rotatable bonds is 5. The van der Waals surface area contributed by atoms with Crippen molar-refractivity contribution in [3.8, 4) is 5.88 Å². The number of ether oxygens (including phenoxy) is 1. The number of hydrogen-bond acceptors (Lipinski definition) is 4. The highest BCUT2D eigenvalue weighted by Gasteiger charge is 2.07. The molecule has 0 aliphatic heterocycles. The van der Waals surface area contributed by atoms with E-state index in [9.17, 15) is 0 Å². The first kappa shape index (κ1) is 12.5. The van der Waals surface area contributed by atoms with Gasteiger partial charge in [0.2, 0.25) is 5.88 Å². The lowest BCUT2D eigenvalue weighted by molar-refractivity contribution is 0.345. The van der Waals surface area contributed by atoms with Crippen molar-refractivity contribution >= 4 is 5.82 Å². The van der Waals surface area contributed by atoms with Gasteiger partial charge in [0.1, 0.15) is 18.2 Å². The summed E-state index contributed by atoms with van der Waals surface area (Å²) in [6.45, 7) is 6.62. The Bertz CT molecular complexity index is 361. The van der Waals surface area contributed by atoms with E-state index in [4.69, 9.17) is 4.74 Å². The molecule has 0 fully saturated rings. The molecule has 0 amide bonds. The number of aromatic nitrogens is 2. The van der Waals surface area contributed by atoms with E-state index < -0.39 is 0 Å². The van der Waals surface area contributed by atoms with Crippen molar-refractivity contribution in [2.24, 2.45) is 0 Å². The van der Waals surface area contributed by atoms with Crippen LogP contribution < -0.4 is 10.1 Å². The predicted molar refractivity (Wildman–Crippen MR) is 66.0 cm³/mol. The number of anilines is 1. The van der Waals surface area contributed by atoms with Crippen LogP contribution in [-0.2, 0) is 0 Å². The van der Waals surface area contributed by atoms with Crippen LogP contribution in [0.25, 0.3) is 0 Å². The summed E-state index contributed by atoms with van der Waals surface area (Å²) in [5.74, 6) is 2.48. The molecule has 0 unspecified atom stereocenters. The second-order valence-electron chi connectivity index (χ2n) is 3.73. The molecule has 88 valence electrons. The molecule has 16 heavy (non-hydrogen) atoms. The van der Waals surface area contributed by atoms with Crippen LogP contribution in [0.2, 0.25) is 0 Å². The minimum Gasteiger partial charge on any atom is -0.473 e.